The second-order valence-corrected chi connectivity index (χ2v) is 8.71. The van der Waals surface area contributed by atoms with Gasteiger partial charge in [0.05, 0.1) is 0 Å². The van der Waals surface area contributed by atoms with Crippen molar-refractivity contribution in [3.05, 3.63) is 54.1 Å². The zero-order valence-electron chi connectivity index (χ0n) is 15.3. The molecule has 136 valence electrons. The first-order chi connectivity index (χ1) is 12.7. The third-order valence-corrected chi connectivity index (χ3v) is 7.07. The van der Waals surface area contributed by atoms with Gasteiger partial charge in [0.1, 0.15) is 11.9 Å². The highest BCUT2D eigenvalue weighted by molar-refractivity contribution is 5.80. The summed E-state index contributed by atoms with van der Waals surface area (Å²) >= 11 is 0. The van der Waals surface area contributed by atoms with Gasteiger partial charge in [0.2, 0.25) is 5.91 Å². The summed E-state index contributed by atoms with van der Waals surface area (Å²) in [6, 6.07) is 10.0. The molecule has 0 radical (unpaired) electrons. The molecule has 1 unspecified atom stereocenters. The SMILES string of the molecule is Cn1ccnc1C(NC(=O)C1C2CC3CC(C2)CC1C3)c1ccccc1. The fraction of sp³-hybridized carbons (Fsp3) is 0.545. The van der Waals surface area contributed by atoms with E-state index in [1.807, 2.05) is 36.0 Å². The van der Waals surface area contributed by atoms with Crippen molar-refractivity contribution >= 4 is 5.91 Å². The van der Waals surface area contributed by atoms with Crippen LogP contribution in [0.1, 0.15) is 49.5 Å². The number of imidazole rings is 1. The van der Waals surface area contributed by atoms with E-state index in [9.17, 15) is 4.79 Å². The number of nitrogens with zero attached hydrogens (tertiary/aromatic N) is 2. The maximum absolute atomic E-state index is 13.4. The molecule has 2 aromatic rings. The molecule has 4 saturated carbocycles. The van der Waals surface area contributed by atoms with Crippen LogP contribution in [-0.4, -0.2) is 15.5 Å². The molecule has 1 amide bonds. The number of carbonyl (C=O) groups excluding carboxylic acids is 1. The molecule has 1 atom stereocenters. The Balaban J connectivity index is 1.42. The Labute approximate surface area is 155 Å². The lowest BCUT2D eigenvalue weighted by Crippen LogP contribution is -2.51. The van der Waals surface area contributed by atoms with Gasteiger partial charge >= 0.3 is 0 Å². The summed E-state index contributed by atoms with van der Waals surface area (Å²) in [4.78, 5) is 17.9. The molecule has 4 heteroatoms. The van der Waals surface area contributed by atoms with E-state index in [-0.39, 0.29) is 17.9 Å². The maximum atomic E-state index is 13.4. The quantitative estimate of drug-likeness (QED) is 0.915. The Kier molecular flexibility index (Phi) is 3.87. The smallest absolute Gasteiger partial charge is 0.224 e. The summed E-state index contributed by atoms with van der Waals surface area (Å²) in [6.07, 6.45) is 10.2. The molecule has 0 spiro atoms. The van der Waals surface area contributed by atoms with Crippen LogP contribution in [0.3, 0.4) is 0 Å². The van der Waals surface area contributed by atoms with E-state index >= 15 is 0 Å². The lowest BCUT2D eigenvalue weighted by Gasteiger charge is -2.53. The fourth-order valence-electron chi connectivity index (χ4n) is 6.19. The number of aryl methyl sites for hydroxylation is 1. The molecule has 1 aromatic heterocycles. The van der Waals surface area contributed by atoms with Crippen LogP contribution in [0.25, 0.3) is 0 Å². The van der Waals surface area contributed by atoms with Crippen molar-refractivity contribution in [1.82, 2.24) is 14.9 Å². The number of hydrogen-bond acceptors (Lipinski definition) is 2. The molecule has 4 bridgehead atoms. The van der Waals surface area contributed by atoms with Gasteiger partial charge in [-0.1, -0.05) is 30.3 Å². The number of amides is 1. The second kappa shape index (κ2) is 6.26. The van der Waals surface area contributed by atoms with E-state index in [4.69, 9.17) is 0 Å². The van der Waals surface area contributed by atoms with E-state index < -0.39 is 0 Å². The summed E-state index contributed by atoms with van der Waals surface area (Å²) in [6.45, 7) is 0. The zero-order valence-corrected chi connectivity index (χ0v) is 15.3. The first-order valence-electron chi connectivity index (χ1n) is 10.0. The summed E-state index contributed by atoms with van der Waals surface area (Å²) in [5.41, 5.74) is 1.10. The Morgan fingerprint density at radius 2 is 1.73 bits per heavy atom. The van der Waals surface area contributed by atoms with E-state index in [1.54, 1.807) is 6.20 Å². The molecule has 4 fully saturated rings. The molecular weight excluding hydrogens is 322 g/mol. The van der Waals surface area contributed by atoms with Gasteiger partial charge in [-0.15, -0.1) is 0 Å². The van der Waals surface area contributed by atoms with Gasteiger partial charge < -0.3 is 9.88 Å². The van der Waals surface area contributed by atoms with Crippen molar-refractivity contribution in [1.29, 1.82) is 0 Å². The van der Waals surface area contributed by atoms with Crippen LogP contribution < -0.4 is 5.32 Å². The van der Waals surface area contributed by atoms with Crippen molar-refractivity contribution < 1.29 is 4.79 Å². The summed E-state index contributed by atoms with van der Waals surface area (Å²) in [5.74, 6) is 4.33. The largest absolute Gasteiger partial charge is 0.342 e. The van der Waals surface area contributed by atoms with Crippen molar-refractivity contribution in [2.75, 3.05) is 0 Å². The van der Waals surface area contributed by atoms with Crippen LogP contribution in [-0.2, 0) is 11.8 Å². The first kappa shape index (κ1) is 16.1. The standard InChI is InChI=1S/C22H27N3O/c1-25-8-7-23-21(25)20(16-5-3-2-4-6-16)24-22(26)19-17-10-14-9-15(12-17)13-18(19)11-14/h2-8,14-15,17-20H,9-13H2,1H3,(H,24,26). The highest BCUT2D eigenvalue weighted by Gasteiger charge is 2.51. The predicted molar refractivity (Wildman–Crippen MR) is 100 cm³/mol. The molecule has 6 rings (SSSR count). The van der Waals surface area contributed by atoms with Gasteiger partial charge in [0.15, 0.2) is 0 Å². The summed E-state index contributed by atoms with van der Waals surface area (Å²) < 4.78 is 2.01. The van der Waals surface area contributed by atoms with Gasteiger partial charge in [-0.2, -0.15) is 0 Å². The van der Waals surface area contributed by atoms with E-state index in [0.29, 0.717) is 11.8 Å². The fourth-order valence-corrected chi connectivity index (χ4v) is 6.19. The summed E-state index contributed by atoms with van der Waals surface area (Å²) in [7, 11) is 1.99. The number of nitrogens with one attached hydrogen (secondary N) is 1. The molecule has 1 N–H and O–H groups in total. The molecule has 1 aromatic carbocycles. The topological polar surface area (TPSA) is 46.9 Å². The highest BCUT2D eigenvalue weighted by atomic mass is 16.2. The second-order valence-electron chi connectivity index (χ2n) is 8.71. The molecule has 0 aliphatic heterocycles. The number of aromatic nitrogens is 2. The zero-order chi connectivity index (χ0) is 17.7. The van der Waals surface area contributed by atoms with Crippen LogP contribution in [0, 0.1) is 29.6 Å². The van der Waals surface area contributed by atoms with Crippen LogP contribution in [0.5, 0.6) is 0 Å². The lowest BCUT2D eigenvalue weighted by atomic mass is 9.51. The van der Waals surface area contributed by atoms with Gasteiger partial charge in [-0.3, -0.25) is 4.79 Å². The average molecular weight is 349 g/mol. The molecule has 4 nitrogen and oxygen atoms in total. The van der Waals surface area contributed by atoms with Crippen LogP contribution in [0.15, 0.2) is 42.7 Å². The van der Waals surface area contributed by atoms with Crippen molar-refractivity contribution in [3.8, 4) is 0 Å². The normalized spacial score (nSPS) is 33.2. The molecule has 4 aliphatic rings. The minimum Gasteiger partial charge on any atom is -0.342 e. The van der Waals surface area contributed by atoms with Crippen LogP contribution >= 0.6 is 0 Å². The highest BCUT2D eigenvalue weighted by Crippen LogP contribution is 2.56. The Morgan fingerprint density at radius 3 is 2.31 bits per heavy atom. The van der Waals surface area contributed by atoms with Crippen LogP contribution in [0.2, 0.25) is 0 Å². The van der Waals surface area contributed by atoms with E-state index in [0.717, 1.165) is 23.2 Å². The van der Waals surface area contributed by atoms with Crippen molar-refractivity contribution in [3.63, 3.8) is 0 Å². The van der Waals surface area contributed by atoms with E-state index in [1.165, 1.54) is 32.1 Å². The Morgan fingerprint density at radius 1 is 1.08 bits per heavy atom. The Hall–Kier alpha value is -2.10. The molecular formula is C22H27N3O. The van der Waals surface area contributed by atoms with E-state index in [2.05, 4.69) is 22.4 Å². The first-order valence-corrected chi connectivity index (χ1v) is 10.0. The van der Waals surface area contributed by atoms with Gasteiger partial charge in [0.25, 0.3) is 0 Å². The maximum Gasteiger partial charge on any atom is 0.224 e. The van der Waals surface area contributed by atoms with Crippen molar-refractivity contribution in [2.24, 2.45) is 36.6 Å². The average Bonchev–Trinajstić information content (AvgIpc) is 3.05. The third kappa shape index (κ3) is 2.67. The minimum atomic E-state index is -0.180. The van der Waals surface area contributed by atoms with Crippen LogP contribution in [0.4, 0.5) is 0 Å². The van der Waals surface area contributed by atoms with Crippen molar-refractivity contribution in [2.45, 2.75) is 38.1 Å². The summed E-state index contributed by atoms with van der Waals surface area (Å²) in [5, 5.41) is 3.38. The lowest BCUT2D eigenvalue weighted by molar-refractivity contribution is -0.138. The predicted octanol–water partition coefficient (Wildman–Crippen LogP) is 3.70. The minimum absolute atomic E-state index is 0.180. The van der Waals surface area contributed by atoms with Gasteiger partial charge in [-0.05, 0) is 61.3 Å². The van der Waals surface area contributed by atoms with Gasteiger partial charge in [0, 0.05) is 25.4 Å². The van der Waals surface area contributed by atoms with Gasteiger partial charge in [-0.25, -0.2) is 4.98 Å². The molecule has 1 heterocycles. The molecule has 4 aliphatic carbocycles. The molecule has 26 heavy (non-hydrogen) atoms. The number of rotatable bonds is 4. The molecule has 0 saturated heterocycles. The number of hydrogen-bond donors (Lipinski definition) is 1. The third-order valence-electron chi connectivity index (χ3n) is 7.07. The monoisotopic (exact) mass is 349 g/mol. The number of carbonyl (C=O) groups is 1. The Bertz CT molecular complexity index is 769. The number of benzene rings is 1.